The van der Waals surface area contributed by atoms with Crippen LogP contribution in [0.1, 0.15) is 33.3 Å². The van der Waals surface area contributed by atoms with Gasteiger partial charge in [0.1, 0.15) is 0 Å². The van der Waals surface area contributed by atoms with Crippen LogP contribution in [0.3, 0.4) is 0 Å². The number of benzene rings is 2. The molecule has 18 heavy (non-hydrogen) atoms. The summed E-state index contributed by atoms with van der Waals surface area (Å²) in [5.41, 5.74) is 10.3. The standard InChI is InChI=1S/C13H13N.2C2H6/c1-10-7-8-12(14)9-13(10)11-5-3-2-4-6-11;2*1-2/h2-9H,14H2,1H3;2*1-2H3. The normalized spacial score (nSPS) is 8.50. The van der Waals surface area contributed by atoms with Crippen molar-refractivity contribution in [1.29, 1.82) is 0 Å². The maximum atomic E-state index is 5.76. The van der Waals surface area contributed by atoms with Gasteiger partial charge in [-0.1, -0.05) is 64.1 Å². The highest BCUT2D eigenvalue weighted by molar-refractivity contribution is 5.70. The van der Waals surface area contributed by atoms with Crippen LogP contribution in [0.25, 0.3) is 11.1 Å². The summed E-state index contributed by atoms with van der Waals surface area (Å²) < 4.78 is 0. The molecule has 2 rings (SSSR count). The zero-order valence-electron chi connectivity index (χ0n) is 12.2. The Hall–Kier alpha value is -1.76. The highest BCUT2D eigenvalue weighted by Crippen LogP contribution is 2.24. The summed E-state index contributed by atoms with van der Waals surface area (Å²) in [5, 5.41) is 0. The van der Waals surface area contributed by atoms with Crippen LogP contribution in [0.4, 0.5) is 5.69 Å². The molecule has 0 spiro atoms. The fourth-order valence-electron chi connectivity index (χ4n) is 1.57. The Balaban J connectivity index is 0.000000659. The number of nitrogens with two attached hydrogens (primary N) is 1. The van der Waals surface area contributed by atoms with Gasteiger partial charge in [0.15, 0.2) is 0 Å². The van der Waals surface area contributed by atoms with E-state index < -0.39 is 0 Å². The van der Waals surface area contributed by atoms with Crippen molar-refractivity contribution in [3.63, 3.8) is 0 Å². The number of rotatable bonds is 1. The third kappa shape index (κ3) is 4.62. The van der Waals surface area contributed by atoms with E-state index in [1.54, 1.807) is 0 Å². The highest BCUT2D eigenvalue weighted by Gasteiger charge is 2.00. The largest absolute Gasteiger partial charge is 0.399 e. The van der Waals surface area contributed by atoms with Gasteiger partial charge in [-0.15, -0.1) is 0 Å². The van der Waals surface area contributed by atoms with Gasteiger partial charge in [-0.3, -0.25) is 0 Å². The topological polar surface area (TPSA) is 26.0 Å². The summed E-state index contributed by atoms with van der Waals surface area (Å²) in [4.78, 5) is 0. The summed E-state index contributed by atoms with van der Waals surface area (Å²) >= 11 is 0. The Morgan fingerprint density at radius 1 is 0.778 bits per heavy atom. The quantitative estimate of drug-likeness (QED) is 0.676. The van der Waals surface area contributed by atoms with Gasteiger partial charge in [0.25, 0.3) is 0 Å². The predicted molar refractivity (Wildman–Crippen MR) is 83.7 cm³/mol. The molecule has 0 amide bonds. The van der Waals surface area contributed by atoms with Gasteiger partial charge in [0.05, 0.1) is 0 Å². The minimum Gasteiger partial charge on any atom is -0.399 e. The molecule has 0 heterocycles. The molecule has 1 heteroatoms. The lowest BCUT2D eigenvalue weighted by Crippen LogP contribution is -1.88. The van der Waals surface area contributed by atoms with Gasteiger partial charge in [-0.25, -0.2) is 0 Å². The number of hydrogen-bond acceptors (Lipinski definition) is 1. The fourth-order valence-corrected chi connectivity index (χ4v) is 1.57. The molecule has 1 nitrogen and oxygen atoms in total. The molecule has 0 bridgehead atoms. The third-order valence-electron chi connectivity index (χ3n) is 2.35. The minimum atomic E-state index is 0.814. The van der Waals surface area contributed by atoms with Crippen LogP contribution in [-0.2, 0) is 0 Å². The van der Waals surface area contributed by atoms with Crippen LogP contribution in [0.5, 0.6) is 0 Å². The molecule has 2 aromatic carbocycles. The minimum absolute atomic E-state index is 0.814. The van der Waals surface area contributed by atoms with E-state index in [1.807, 2.05) is 58.0 Å². The summed E-state index contributed by atoms with van der Waals surface area (Å²) in [7, 11) is 0. The van der Waals surface area contributed by atoms with Crippen molar-refractivity contribution < 1.29 is 0 Å². The van der Waals surface area contributed by atoms with Gasteiger partial charge in [-0.05, 0) is 35.7 Å². The second kappa shape index (κ2) is 9.29. The van der Waals surface area contributed by atoms with Crippen LogP contribution in [0, 0.1) is 6.92 Å². The van der Waals surface area contributed by atoms with E-state index >= 15 is 0 Å². The zero-order valence-corrected chi connectivity index (χ0v) is 12.2. The lowest BCUT2D eigenvalue weighted by Gasteiger charge is -2.06. The lowest BCUT2D eigenvalue weighted by molar-refractivity contribution is 1.46. The molecular formula is C17H25N. The van der Waals surface area contributed by atoms with E-state index in [4.69, 9.17) is 5.73 Å². The fraction of sp³-hybridized carbons (Fsp3) is 0.294. The molecular weight excluding hydrogens is 218 g/mol. The Morgan fingerprint density at radius 2 is 1.33 bits per heavy atom. The number of anilines is 1. The van der Waals surface area contributed by atoms with Crippen molar-refractivity contribution in [2.45, 2.75) is 34.6 Å². The molecule has 0 aliphatic heterocycles. The summed E-state index contributed by atoms with van der Waals surface area (Å²) in [6.07, 6.45) is 0. The van der Waals surface area contributed by atoms with E-state index in [0.29, 0.717) is 0 Å². The molecule has 0 aliphatic carbocycles. The lowest BCUT2D eigenvalue weighted by atomic mass is 10.0. The summed E-state index contributed by atoms with van der Waals surface area (Å²) in [6, 6.07) is 16.3. The maximum Gasteiger partial charge on any atom is 0.0320 e. The first-order valence-electron chi connectivity index (χ1n) is 6.69. The average molecular weight is 243 g/mol. The van der Waals surface area contributed by atoms with Crippen molar-refractivity contribution in [1.82, 2.24) is 0 Å². The summed E-state index contributed by atoms with van der Waals surface area (Å²) in [5.74, 6) is 0. The van der Waals surface area contributed by atoms with Crippen LogP contribution >= 0.6 is 0 Å². The third-order valence-corrected chi connectivity index (χ3v) is 2.35. The average Bonchev–Trinajstić information content (AvgIpc) is 2.47. The maximum absolute atomic E-state index is 5.76. The highest BCUT2D eigenvalue weighted by atomic mass is 14.5. The predicted octanol–water partition coefficient (Wildman–Crippen LogP) is 5.30. The van der Waals surface area contributed by atoms with E-state index in [2.05, 4.69) is 25.1 Å². The Bertz CT molecular complexity index is 433. The SMILES string of the molecule is CC.CC.Cc1ccc(N)cc1-c1ccccc1. The number of nitrogen functional groups attached to an aromatic ring is 1. The molecule has 0 atom stereocenters. The van der Waals surface area contributed by atoms with E-state index in [9.17, 15) is 0 Å². The molecule has 0 saturated heterocycles. The van der Waals surface area contributed by atoms with Gasteiger partial charge >= 0.3 is 0 Å². The van der Waals surface area contributed by atoms with E-state index in [0.717, 1.165) is 5.69 Å². The molecule has 2 aromatic rings. The number of hydrogen-bond donors (Lipinski definition) is 1. The molecule has 0 unspecified atom stereocenters. The van der Waals surface area contributed by atoms with Gasteiger partial charge in [0.2, 0.25) is 0 Å². The van der Waals surface area contributed by atoms with Crippen molar-refractivity contribution in [3.05, 3.63) is 54.1 Å². The Labute approximate surface area is 112 Å². The first kappa shape index (κ1) is 16.2. The van der Waals surface area contributed by atoms with Crippen LogP contribution in [0.2, 0.25) is 0 Å². The van der Waals surface area contributed by atoms with Gasteiger partial charge in [0, 0.05) is 5.69 Å². The van der Waals surface area contributed by atoms with Crippen molar-refractivity contribution in [2.75, 3.05) is 5.73 Å². The van der Waals surface area contributed by atoms with Crippen LogP contribution in [0.15, 0.2) is 48.5 Å². The molecule has 2 N–H and O–H groups in total. The first-order valence-corrected chi connectivity index (χ1v) is 6.69. The Morgan fingerprint density at radius 3 is 1.89 bits per heavy atom. The van der Waals surface area contributed by atoms with Crippen molar-refractivity contribution in [2.24, 2.45) is 0 Å². The summed E-state index contributed by atoms with van der Waals surface area (Å²) in [6.45, 7) is 10.1. The van der Waals surface area contributed by atoms with Gasteiger partial charge < -0.3 is 5.73 Å². The van der Waals surface area contributed by atoms with Crippen LogP contribution < -0.4 is 5.73 Å². The number of aryl methyl sites for hydroxylation is 1. The molecule has 0 saturated carbocycles. The molecule has 0 radical (unpaired) electrons. The zero-order chi connectivity index (χ0) is 14.0. The molecule has 0 fully saturated rings. The second-order valence-corrected chi connectivity index (χ2v) is 3.44. The van der Waals surface area contributed by atoms with Crippen molar-refractivity contribution >= 4 is 5.69 Å². The molecule has 98 valence electrons. The molecule has 0 aliphatic rings. The first-order chi connectivity index (χ1) is 8.77. The van der Waals surface area contributed by atoms with E-state index in [1.165, 1.54) is 16.7 Å². The van der Waals surface area contributed by atoms with E-state index in [-0.39, 0.29) is 0 Å². The molecule has 0 aromatic heterocycles. The second-order valence-electron chi connectivity index (χ2n) is 3.44. The monoisotopic (exact) mass is 243 g/mol. The van der Waals surface area contributed by atoms with Gasteiger partial charge in [-0.2, -0.15) is 0 Å². The smallest absolute Gasteiger partial charge is 0.0320 e. The van der Waals surface area contributed by atoms with Crippen molar-refractivity contribution in [3.8, 4) is 11.1 Å². The Kier molecular flexibility index (Phi) is 8.38. The van der Waals surface area contributed by atoms with Crippen LogP contribution in [-0.4, -0.2) is 0 Å².